The van der Waals surface area contributed by atoms with Crippen LogP contribution in [0.5, 0.6) is 0 Å². The van der Waals surface area contributed by atoms with E-state index in [-0.39, 0.29) is 5.95 Å². The Kier molecular flexibility index (Phi) is 2.35. The fraction of sp³-hybridized carbons (Fsp3) is 0.214. The lowest BCUT2D eigenvalue weighted by molar-refractivity contribution is 0.724. The van der Waals surface area contributed by atoms with Crippen molar-refractivity contribution in [3.8, 4) is 0 Å². The minimum absolute atomic E-state index is 0.274. The standard InChI is InChI=1S/C14H14N6/c15-14-17-12-11(7-16-19-12)13(18-14)20-6-5-9-3-1-2-4-10(9)8-20/h1-4,7H,5-6,8H2,(H3,15,16,17,18,19). The third-order valence-electron chi connectivity index (χ3n) is 3.74. The summed E-state index contributed by atoms with van der Waals surface area (Å²) in [6.07, 6.45) is 2.77. The van der Waals surface area contributed by atoms with Gasteiger partial charge in [0.2, 0.25) is 5.95 Å². The average Bonchev–Trinajstić information content (AvgIpc) is 2.94. The lowest BCUT2D eigenvalue weighted by Crippen LogP contribution is -2.31. The highest BCUT2D eigenvalue weighted by atomic mass is 15.2. The molecule has 0 spiro atoms. The van der Waals surface area contributed by atoms with Crippen LogP contribution in [0.2, 0.25) is 0 Å². The summed E-state index contributed by atoms with van der Waals surface area (Å²) >= 11 is 0. The van der Waals surface area contributed by atoms with E-state index in [1.807, 2.05) is 0 Å². The highest BCUT2D eigenvalue weighted by Crippen LogP contribution is 2.28. The monoisotopic (exact) mass is 266 g/mol. The van der Waals surface area contributed by atoms with Gasteiger partial charge in [-0.2, -0.15) is 15.1 Å². The number of nitrogens with one attached hydrogen (secondary N) is 1. The third-order valence-corrected chi connectivity index (χ3v) is 3.74. The smallest absolute Gasteiger partial charge is 0.224 e. The highest BCUT2D eigenvalue weighted by molar-refractivity contribution is 5.87. The van der Waals surface area contributed by atoms with E-state index in [0.717, 1.165) is 30.7 Å². The molecule has 0 unspecified atom stereocenters. The zero-order chi connectivity index (χ0) is 13.5. The molecule has 6 nitrogen and oxygen atoms in total. The molecule has 1 aliphatic heterocycles. The van der Waals surface area contributed by atoms with Gasteiger partial charge in [-0.25, -0.2) is 0 Å². The lowest BCUT2D eigenvalue weighted by atomic mass is 10.00. The number of hydrogen-bond donors (Lipinski definition) is 2. The predicted octanol–water partition coefficient (Wildman–Crippen LogP) is 1.50. The van der Waals surface area contributed by atoms with Gasteiger partial charge in [0.15, 0.2) is 5.65 Å². The largest absolute Gasteiger partial charge is 0.368 e. The highest BCUT2D eigenvalue weighted by Gasteiger charge is 2.20. The summed E-state index contributed by atoms with van der Waals surface area (Å²) in [6, 6.07) is 8.52. The second-order valence-corrected chi connectivity index (χ2v) is 4.98. The number of nitrogens with zero attached hydrogens (tertiary/aromatic N) is 4. The van der Waals surface area contributed by atoms with E-state index in [1.54, 1.807) is 6.20 Å². The van der Waals surface area contributed by atoms with E-state index in [4.69, 9.17) is 5.73 Å². The molecule has 0 radical (unpaired) electrons. The Morgan fingerprint density at radius 3 is 2.90 bits per heavy atom. The number of H-pyrrole nitrogens is 1. The second kappa shape index (κ2) is 4.19. The van der Waals surface area contributed by atoms with Crippen molar-refractivity contribution in [3.05, 3.63) is 41.6 Å². The molecule has 0 saturated heterocycles. The van der Waals surface area contributed by atoms with Crippen LogP contribution in [0.15, 0.2) is 30.5 Å². The van der Waals surface area contributed by atoms with Crippen molar-refractivity contribution in [1.29, 1.82) is 0 Å². The number of aromatic nitrogens is 4. The van der Waals surface area contributed by atoms with Crippen molar-refractivity contribution in [1.82, 2.24) is 20.2 Å². The van der Waals surface area contributed by atoms with Gasteiger partial charge in [-0.1, -0.05) is 24.3 Å². The van der Waals surface area contributed by atoms with Gasteiger partial charge in [-0.05, 0) is 17.5 Å². The predicted molar refractivity (Wildman–Crippen MR) is 77.3 cm³/mol. The van der Waals surface area contributed by atoms with Crippen LogP contribution in [-0.2, 0) is 13.0 Å². The number of anilines is 2. The molecule has 6 heteroatoms. The molecule has 100 valence electrons. The van der Waals surface area contributed by atoms with Crippen LogP contribution < -0.4 is 10.6 Å². The third kappa shape index (κ3) is 1.69. The molecule has 1 aliphatic rings. The summed E-state index contributed by atoms with van der Waals surface area (Å²) in [5, 5.41) is 7.80. The lowest BCUT2D eigenvalue weighted by Gasteiger charge is -2.30. The topological polar surface area (TPSA) is 83.7 Å². The zero-order valence-corrected chi connectivity index (χ0v) is 10.9. The van der Waals surface area contributed by atoms with Crippen LogP contribution in [0.3, 0.4) is 0 Å². The van der Waals surface area contributed by atoms with E-state index in [1.165, 1.54) is 11.1 Å². The molecule has 0 amide bonds. The molecule has 3 N–H and O–H groups in total. The van der Waals surface area contributed by atoms with Gasteiger partial charge >= 0.3 is 0 Å². The Morgan fingerprint density at radius 2 is 2.00 bits per heavy atom. The average molecular weight is 266 g/mol. The first-order valence-electron chi connectivity index (χ1n) is 6.59. The Bertz CT molecular complexity index is 778. The number of aromatic amines is 1. The molecular weight excluding hydrogens is 252 g/mol. The van der Waals surface area contributed by atoms with Crippen molar-refractivity contribution >= 4 is 22.8 Å². The van der Waals surface area contributed by atoms with Crippen molar-refractivity contribution in [2.45, 2.75) is 13.0 Å². The molecule has 2 aromatic heterocycles. The van der Waals surface area contributed by atoms with Gasteiger partial charge in [0.05, 0.1) is 11.6 Å². The molecule has 0 fully saturated rings. The first-order valence-corrected chi connectivity index (χ1v) is 6.59. The SMILES string of the molecule is Nc1nc(N2CCc3ccccc3C2)c2cn[nH]c2n1. The number of rotatable bonds is 1. The van der Waals surface area contributed by atoms with Crippen LogP contribution >= 0.6 is 0 Å². The van der Waals surface area contributed by atoms with Crippen LogP contribution in [0.4, 0.5) is 11.8 Å². The summed E-state index contributed by atoms with van der Waals surface area (Å²) in [7, 11) is 0. The molecule has 4 rings (SSSR count). The maximum absolute atomic E-state index is 5.79. The summed E-state index contributed by atoms with van der Waals surface area (Å²) in [5.74, 6) is 1.13. The second-order valence-electron chi connectivity index (χ2n) is 4.98. The maximum atomic E-state index is 5.79. The molecule has 3 heterocycles. The Morgan fingerprint density at radius 1 is 1.15 bits per heavy atom. The molecule has 0 saturated carbocycles. The van der Waals surface area contributed by atoms with Gasteiger partial charge < -0.3 is 10.6 Å². The molecule has 1 aromatic carbocycles. The minimum Gasteiger partial charge on any atom is -0.368 e. The fourth-order valence-corrected chi connectivity index (χ4v) is 2.75. The van der Waals surface area contributed by atoms with E-state index in [2.05, 4.69) is 49.3 Å². The molecule has 0 bridgehead atoms. The van der Waals surface area contributed by atoms with Crippen LogP contribution in [0.1, 0.15) is 11.1 Å². The van der Waals surface area contributed by atoms with E-state index < -0.39 is 0 Å². The molecule has 0 aliphatic carbocycles. The van der Waals surface area contributed by atoms with E-state index >= 15 is 0 Å². The Balaban J connectivity index is 1.79. The van der Waals surface area contributed by atoms with Crippen LogP contribution in [0.25, 0.3) is 11.0 Å². The number of nitrogens with two attached hydrogens (primary N) is 1. The summed E-state index contributed by atoms with van der Waals surface area (Å²) in [6.45, 7) is 1.76. The van der Waals surface area contributed by atoms with E-state index in [0.29, 0.717) is 5.65 Å². The van der Waals surface area contributed by atoms with Crippen molar-refractivity contribution < 1.29 is 0 Å². The quantitative estimate of drug-likeness (QED) is 0.697. The van der Waals surface area contributed by atoms with Gasteiger partial charge in [-0.15, -0.1) is 0 Å². The summed E-state index contributed by atoms with van der Waals surface area (Å²) < 4.78 is 0. The molecule has 20 heavy (non-hydrogen) atoms. The number of nitrogen functional groups attached to an aromatic ring is 1. The van der Waals surface area contributed by atoms with E-state index in [9.17, 15) is 0 Å². The normalized spacial score (nSPS) is 14.5. The van der Waals surface area contributed by atoms with Crippen molar-refractivity contribution in [2.75, 3.05) is 17.2 Å². The van der Waals surface area contributed by atoms with Gasteiger partial charge in [0, 0.05) is 13.1 Å². The molecule has 0 atom stereocenters. The van der Waals surface area contributed by atoms with Crippen LogP contribution in [0, 0.1) is 0 Å². The molecular formula is C14H14N6. The minimum atomic E-state index is 0.274. The van der Waals surface area contributed by atoms with Crippen LogP contribution in [-0.4, -0.2) is 26.7 Å². The first-order chi connectivity index (χ1) is 9.81. The molecule has 3 aromatic rings. The Hall–Kier alpha value is -2.63. The Labute approximate surface area is 115 Å². The van der Waals surface area contributed by atoms with Gasteiger partial charge in [-0.3, -0.25) is 5.10 Å². The first kappa shape index (κ1) is 11.2. The summed E-state index contributed by atoms with van der Waals surface area (Å²) in [4.78, 5) is 10.8. The zero-order valence-electron chi connectivity index (χ0n) is 10.9. The number of hydrogen-bond acceptors (Lipinski definition) is 5. The van der Waals surface area contributed by atoms with Gasteiger partial charge in [0.25, 0.3) is 0 Å². The van der Waals surface area contributed by atoms with Gasteiger partial charge in [0.1, 0.15) is 5.82 Å². The number of fused-ring (bicyclic) bond motifs is 2. The van der Waals surface area contributed by atoms with Crippen molar-refractivity contribution in [2.24, 2.45) is 0 Å². The van der Waals surface area contributed by atoms with Crippen molar-refractivity contribution in [3.63, 3.8) is 0 Å². The summed E-state index contributed by atoms with van der Waals surface area (Å²) in [5.41, 5.74) is 9.23. The fourth-order valence-electron chi connectivity index (χ4n) is 2.75. The maximum Gasteiger partial charge on any atom is 0.224 e. The number of benzene rings is 1.